The summed E-state index contributed by atoms with van der Waals surface area (Å²) in [7, 11) is 0. The van der Waals surface area contributed by atoms with Crippen LogP contribution in [0.1, 0.15) is 24.5 Å². The lowest BCUT2D eigenvalue weighted by Crippen LogP contribution is -2.26. The van der Waals surface area contributed by atoms with Crippen molar-refractivity contribution in [2.75, 3.05) is 13.1 Å². The summed E-state index contributed by atoms with van der Waals surface area (Å²) in [6.45, 7) is 2.09. The Labute approximate surface area is 105 Å². The van der Waals surface area contributed by atoms with Crippen LogP contribution in [0.5, 0.6) is 0 Å². The number of piperidine rings is 1. The van der Waals surface area contributed by atoms with E-state index in [4.69, 9.17) is 0 Å². The number of aromatic nitrogens is 3. The maximum Gasteiger partial charge on any atom is 0.213 e. The van der Waals surface area contributed by atoms with E-state index in [9.17, 15) is 4.39 Å². The van der Waals surface area contributed by atoms with Crippen LogP contribution in [0.15, 0.2) is 24.4 Å². The number of halogens is 1. The van der Waals surface area contributed by atoms with Gasteiger partial charge in [0, 0.05) is 29.4 Å². The second-order valence-electron chi connectivity index (χ2n) is 4.60. The van der Waals surface area contributed by atoms with Crippen LogP contribution < -0.4 is 5.32 Å². The van der Waals surface area contributed by atoms with E-state index in [0.29, 0.717) is 5.92 Å². The first kappa shape index (κ1) is 11.3. The molecular formula is C13H15FN4. The third kappa shape index (κ3) is 2.26. The smallest absolute Gasteiger partial charge is 0.213 e. The maximum atomic E-state index is 13.1. The molecule has 0 radical (unpaired) electrons. The topological polar surface area (TPSA) is 53.6 Å². The molecule has 0 aliphatic carbocycles. The van der Waals surface area contributed by atoms with Gasteiger partial charge >= 0.3 is 0 Å². The van der Waals surface area contributed by atoms with Gasteiger partial charge in [-0.15, -0.1) is 0 Å². The van der Waals surface area contributed by atoms with Gasteiger partial charge in [-0.2, -0.15) is 9.49 Å². The highest BCUT2D eigenvalue weighted by atomic mass is 19.1. The minimum absolute atomic E-state index is 0.473. The molecule has 0 unspecified atom stereocenters. The summed E-state index contributed by atoms with van der Waals surface area (Å²) in [5, 5.41) is 10.7. The lowest BCUT2D eigenvalue weighted by molar-refractivity contribution is 0.453. The van der Waals surface area contributed by atoms with Gasteiger partial charge in [0.1, 0.15) is 0 Å². The molecule has 0 spiro atoms. The third-order valence-corrected chi connectivity index (χ3v) is 3.40. The van der Waals surface area contributed by atoms with Gasteiger partial charge < -0.3 is 5.32 Å². The first-order chi connectivity index (χ1) is 8.83. The highest BCUT2D eigenvalue weighted by molar-refractivity contribution is 5.58. The number of H-pyrrole nitrogens is 1. The van der Waals surface area contributed by atoms with E-state index >= 15 is 0 Å². The van der Waals surface area contributed by atoms with E-state index in [1.807, 2.05) is 6.07 Å². The van der Waals surface area contributed by atoms with Crippen molar-refractivity contribution < 1.29 is 4.39 Å². The Kier molecular flexibility index (Phi) is 3.06. The molecule has 2 aromatic rings. The molecule has 2 N–H and O–H groups in total. The molecule has 1 fully saturated rings. The van der Waals surface area contributed by atoms with Gasteiger partial charge in [-0.05, 0) is 38.1 Å². The van der Waals surface area contributed by atoms with E-state index in [1.54, 1.807) is 6.07 Å². The number of hydrogen-bond acceptors (Lipinski definition) is 3. The second-order valence-corrected chi connectivity index (χ2v) is 4.60. The van der Waals surface area contributed by atoms with Crippen molar-refractivity contribution in [3.05, 3.63) is 36.0 Å². The van der Waals surface area contributed by atoms with Crippen LogP contribution in [0.2, 0.25) is 0 Å². The first-order valence-electron chi connectivity index (χ1n) is 6.21. The zero-order valence-corrected chi connectivity index (χ0v) is 9.99. The molecule has 4 nitrogen and oxygen atoms in total. The van der Waals surface area contributed by atoms with Gasteiger partial charge in [0.05, 0.1) is 5.69 Å². The molecule has 1 aliphatic heterocycles. The lowest BCUT2D eigenvalue weighted by atomic mass is 9.94. The zero-order chi connectivity index (χ0) is 12.4. The van der Waals surface area contributed by atoms with E-state index in [0.717, 1.165) is 42.9 Å². The Morgan fingerprint density at radius 3 is 2.83 bits per heavy atom. The average molecular weight is 246 g/mol. The van der Waals surface area contributed by atoms with E-state index < -0.39 is 5.95 Å². The Morgan fingerprint density at radius 1 is 1.22 bits per heavy atom. The summed E-state index contributed by atoms with van der Waals surface area (Å²) in [4.78, 5) is 3.55. The summed E-state index contributed by atoms with van der Waals surface area (Å²) in [5.41, 5.74) is 2.69. The fourth-order valence-electron chi connectivity index (χ4n) is 2.39. The largest absolute Gasteiger partial charge is 0.317 e. The summed E-state index contributed by atoms with van der Waals surface area (Å²) < 4.78 is 13.1. The molecule has 0 amide bonds. The van der Waals surface area contributed by atoms with E-state index in [-0.39, 0.29) is 0 Å². The number of rotatable bonds is 2. The number of pyridine rings is 1. The number of aromatic amines is 1. The van der Waals surface area contributed by atoms with Gasteiger partial charge in [0.2, 0.25) is 5.95 Å². The molecule has 2 aromatic heterocycles. The molecule has 0 aromatic carbocycles. The molecular weight excluding hydrogens is 231 g/mol. The normalized spacial score (nSPS) is 16.9. The molecule has 0 saturated carbocycles. The minimum atomic E-state index is -0.473. The Bertz CT molecular complexity index is 531. The van der Waals surface area contributed by atoms with Crippen molar-refractivity contribution in [3.8, 4) is 11.3 Å². The Balaban J connectivity index is 1.84. The summed E-state index contributed by atoms with van der Waals surface area (Å²) in [6, 6.07) is 5.19. The van der Waals surface area contributed by atoms with Gasteiger partial charge in [0.25, 0.3) is 0 Å². The van der Waals surface area contributed by atoms with Crippen LogP contribution in [-0.2, 0) is 0 Å². The summed E-state index contributed by atoms with van der Waals surface area (Å²) in [5.74, 6) is 0.0538. The molecule has 5 heteroatoms. The highest BCUT2D eigenvalue weighted by Gasteiger charge is 2.17. The van der Waals surface area contributed by atoms with Crippen molar-refractivity contribution >= 4 is 0 Å². The van der Waals surface area contributed by atoms with Crippen LogP contribution in [0.25, 0.3) is 11.3 Å². The van der Waals surface area contributed by atoms with Gasteiger partial charge in [-0.25, -0.2) is 4.98 Å². The van der Waals surface area contributed by atoms with E-state index in [2.05, 4.69) is 20.5 Å². The number of nitrogens with zero attached hydrogens (tertiary/aromatic N) is 2. The monoisotopic (exact) mass is 246 g/mol. The van der Waals surface area contributed by atoms with Crippen molar-refractivity contribution in [1.29, 1.82) is 0 Å². The standard InChI is InChI=1S/C13H15FN4/c14-13-7-10(3-6-16-13)12-8-11(17-18-12)9-1-4-15-5-2-9/h3,6-9,15H,1-2,4-5H2,(H,17,18). The van der Waals surface area contributed by atoms with Crippen molar-refractivity contribution in [1.82, 2.24) is 20.5 Å². The fourth-order valence-corrected chi connectivity index (χ4v) is 2.39. The van der Waals surface area contributed by atoms with Gasteiger partial charge in [0.15, 0.2) is 0 Å². The van der Waals surface area contributed by atoms with Crippen molar-refractivity contribution in [2.24, 2.45) is 0 Å². The van der Waals surface area contributed by atoms with Gasteiger partial charge in [-0.3, -0.25) is 5.10 Å². The summed E-state index contributed by atoms with van der Waals surface area (Å²) in [6.07, 6.45) is 3.70. The van der Waals surface area contributed by atoms with Crippen molar-refractivity contribution in [3.63, 3.8) is 0 Å². The zero-order valence-electron chi connectivity index (χ0n) is 9.99. The molecule has 1 aliphatic rings. The fraction of sp³-hybridized carbons (Fsp3) is 0.385. The van der Waals surface area contributed by atoms with Crippen LogP contribution in [0, 0.1) is 5.95 Å². The first-order valence-corrected chi connectivity index (χ1v) is 6.21. The van der Waals surface area contributed by atoms with Crippen LogP contribution in [0.4, 0.5) is 4.39 Å². The number of nitrogens with one attached hydrogen (secondary N) is 2. The van der Waals surface area contributed by atoms with Crippen LogP contribution >= 0.6 is 0 Å². The Hall–Kier alpha value is -1.75. The van der Waals surface area contributed by atoms with Gasteiger partial charge in [-0.1, -0.05) is 0 Å². The Morgan fingerprint density at radius 2 is 2.06 bits per heavy atom. The predicted molar refractivity (Wildman–Crippen MR) is 66.6 cm³/mol. The molecule has 3 rings (SSSR count). The minimum Gasteiger partial charge on any atom is -0.317 e. The lowest BCUT2D eigenvalue weighted by Gasteiger charge is -2.20. The molecule has 94 valence electrons. The molecule has 3 heterocycles. The molecule has 18 heavy (non-hydrogen) atoms. The second kappa shape index (κ2) is 4.86. The van der Waals surface area contributed by atoms with Crippen LogP contribution in [0.3, 0.4) is 0 Å². The SMILES string of the molecule is Fc1cc(-c2cc(C3CCNCC3)[nH]n2)ccn1. The molecule has 0 atom stereocenters. The van der Waals surface area contributed by atoms with E-state index in [1.165, 1.54) is 12.3 Å². The molecule has 0 bridgehead atoms. The predicted octanol–water partition coefficient (Wildman–Crippen LogP) is 2.08. The third-order valence-electron chi connectivity index (χ3n) is 3.40. The quantitative estimate of drug-likeness (QED) is 0.798. The van der Waals surface area contributed by atoms with Crippen molar-refractivity contribution in [2.45, 2.75) is 18.8 Å². The maximum absolute atomic E-state index is 13.1. The molecule has 1 saturated heterocycles. The average Bonchev–Trinajstić information content (AvgIpc) is 2.89. The van der Waals surface area contributed by atoms with Crippen LogP contribution in [-0.4, -0.2) is 28.3 Å². The highest BCUT2D eigenvalue weighted by Crippen LogP contribution is 2.26. The summed E-state index contributed by atoms with van der Waals surface area (Å²) >= 11 is 0. The number of hydrogen-bond donors (Lipinski definition) is 2.